The quantitative estimate of drug-likeness (QED) is 0.902. The van der Waals surface area contributed by atoms with Gasteiger partial charge < -0.3 is 14.7 Å². The number of ether oxygens (including phenoxy) is 1. The van der Waals surface area contributed by atoms with Gasteiger partial charge in [-0.25, -0.2) is 0 Å². The van der Waals surface area contributed by atoms with Crippen LogP contribution in [0.15, 0.2) is 28.7 Å². The van der Waals surface area contributed by atoms with Gasteiger partial charge in [-0.15, -0.1) is 0 Å². The number of methoxy groups -OCH3 is 1. The molecule has 0 radical (unpaired) electrons. The number of aliphatic hydroxyl groups is 1. The summed E-state index contributed by atoms with van der Waals surface area (Å²) in [6.45, 7) is 3.08. The zero-order chi connectivity index (χ0) is 13.7. The fourth-order valence-electron chi connectivity index (χ4n) is 2.57. The molecular weight excluding hydrogens is 306 g/mol. The minimum atomic E-state index is -0.393. The second kappa shape index (κ2) is 7.39. The van der Waals surface area contributed by atoms with E-state index in [2.05, 4.69) is 20.8 Å². The molecule has 1 aliphatic heterocycles. The van der Waals surface area contributed by atoms with E-state index in [1.165, 1.54) is 0 Å². The third kappa shape index (κ3) is 4.28. The van der Waals surface area contributed by atoms with Gasteiger partial charge in [0.1, 0.15) is 0 Å². The van der Waals surface area contributed by atoms with Crippen LogP contribution in [0.1, 0.15) is 30.9 Å². The first-order chi connectivity index (χ1) is 9.20. The van der Waals surface area contributed by atoms with Gasteiger partial charge in [-0.2, -0.15) is 0 Å². The molecule has 19 heavy (non-hydrogen) atoms. The molecule has 1 aromatic carbocycles. The lowest BCUT2D eigenvalue weighted by molar-refractivity contribution is 0.0360. The van der Waals surface area contributed by atoms with E-state index in [-0.39, 0.29) is 0 Å². The van der Waals surface area contributed by atoms with Gasteiger partial charge in [-0.1, -0.05) is 34.1 Å². The molecule has 0 bridgehead atoms. The largest absolute Gasteiger partial charge is 0.388 e. The van der Waals surface area contributed by atoms with Crippen LogP contribution in [0.4, 0.5) is 0 Å². The van der Waals surface area contributed by atoms with Crippen molar-refractivity contribution < 1.29 is 9.84 Å². The molecule has 1 N–H and O–H groups in total. The Kier molecular flexibility index (Phi) is 5.82. The Bertz CT molecular complexity index is 391. The molecule has 2 rings (SSSR count). The highest BCUT2D eigenvalue weighted by Gasteiger charge is 2.19. The van der Waals surface area contributed by atoms with Crippen molar-refractivity contribution in [2.45, 2.75) is 31.5 Å². The van der Waals surface area contributed by atoms with Crippen molar-refractivity contribution in [3.8, 4) is 0 Å². The Morgan fingerprint density at radius 2 is 2.05 bits per heavy atom. The maximum absolute atomic E-state index is 10.2. The number of nitrogens with zero attached hydrogens (tertiary/aromatic N) is 1. The second-order valence-corrected chi connectivity index (χ2v) is 5.96. The Morgan fingerprint density at radius 3 is 2.68 bits per heavy atom. The van der Waals surface area contributed by atoms with Gasteiger partial charge in [0.15, 0.2) is 0 Å². The van der Waals surface area contributed by atoms with Crippen molar-refractivity contribution >= 4 is 15.9 Å². The normalized spacial score (nSPS) is 19.5. The number of rotatable bonds is 5. The smallest absolute Gasteiger partial charge is 0.0813 e. The van der Waals surface area contributed by atoms with E-state index >= 15 is 0 Å². The highest BCUT2D eigenvalue weighted by Crippen LogP contribution is 2.25. The first kappa shape index (κ1) is 15.0. The molecule has 0 saturated carbocycles. The topological polar surface area (TPSA) is 32.7 Å². The zero-order valence-electron chi connectivity index (χ0n) is 11.4. The molecule has 0 amide bonds. The first-order valence-corrected chi connectivity index (χ1v) is 7.67. The number of piperidine rings is 1. The van der Waals surface area contributed by atoms with E-state index in [0.717, 1.165) is 48.9 Å². The molecule has 1 saturated heterocycles. The van der Waals surface area contributed by atoms with Crippen LogP contribution in [0.3, 0.4) is 0 Å². The average molecular weight is 328 g/mol. The molecule has 1 fully saturated rings. The van der Waals surface area contributed by atoms with Crippen molar-refractivity contribution in [3.05, 3.63) is 34.3 Å². The van der Waals surface area contributed by atoms with E-state index in [9.17, 15) is 5.11 Å². The average Bonchev–Trinajstić information content (AvgIpc) is 2.46. The molecule has 3 nitrogen and oxygen atoms in total. The molecule has 106 valence electrons. The molecule has 0 aromatic heterocycles. The van der Waals surface area contributed by atoms with Crippen LogP contribution >= 0.6 is 15.9 Å². The van der Waals surface area contributed by atoms with Gasteiger partial charge in [-0.3, -0.25) is 0 Å². The maximum atomic E-state index is 10.2. The summed E-state index contributed by atoms with van der Waals surface area (Å²) in [5, 5.41) is 10.2. The molecule has 0 aliphatic carbocycles. The number of halogens is 1. The van der Waals surface area contributed by atoms with Gasteiger partial charge in [0.25, 0.3) is 0 Å². The van der Waals surface area contributed by atoms with Crippen LogP contribution in [0, 0.1) is 0 Å². The van der Waals surface area contributed by atoms with Crippen LogP contribution in [0.25, 0.3) is 0 Å². The minimum absolute atomic E-state index is 0.393. The highest BCUT2D eigenvalue weighted by atomic mass is 79.9. The standard InChI is InChI=1S/C15H22BrNO2/c1-19-12-6-9-17(10-7-12)11-8-15(18)13-4-2-3-5-14(13)16/h2-5,12,15,18H,6-11H2,1H3. The van der Waals surface area contributed by atoms with Crippen LogP contribution in [0.2, 0.25) is 0 Å². The highest BCUT2D eigenvalue weighted by molar-refractivity contribution is 9.10. The number of hydrogen-bond acceptors (Lipinski definition) is 3. The summed E-state index contributed by atoms with van der Waals surface area (Å²) in [4.78, 5) is 2.41. The number of hydrogen-bond donors (Lipinski definition) is 1. The number of benzene rings is 1. The van der Waals surface area contributed by atoms with E-state index in [4.69, 9.17) is 4.74 Å². The molecular formula is C15H22BrNO2. The SMILES string of the molecule is COC1CCN(CCC(O)c2ccccc2Br)CC1. The van der Waals surface area contributed by atoms with Gasteiger partial charge in [0.2, 0.25) is 0 Å². The molecule has 1 heterocycles. The molecule has 1 atom stereocenters. The summed E-state index contributed by atoms with van der Waals surface area (Å²) in [6.07, 6.45) is 3.00. The van der Waals surface area contributed by atoms with Crippen molar-refractivity contribution in [3.63, 3.8) is 0 Å². The third-order valence-electron chi connectivity index (χ3n) is 3.85. The molecule has 1 unspecified atom stereocenters. The molecule has 1 aliphatic rings. The van der Waals surface area contributed by atoms with E-state index in [1.807, 2.05) is 24.3 Å². The molecule has 0 spiro atoms. The Balaban J connectivity index is 1.78. The van der Waals surface area contributed by atoms with Gasteiger partial charge in [0.05, 0.1) is 12.2 Å². The maximum Gasteiger partial charge on any atom is 0.0813 e. The zero-order valence-corrected chi connectivity index (χ0v) is 13.0. The fourth-order valence-corrected chi connectivity index (χ4v) is 3.12. The van der Waals surface area contributed by atoms with Crippen LogP contribution in [0.5, 0.6) is 0 Å². The van der Waals surface area contributed by atoms with E-state index in [1.54, 1.807) is 7.11 Å². The van der Waals surface area contributed by atoms with Crippen molar-refractivity contribution in [1.29, 1.82) is 0 Å². The van der Waals surface area contributed by atoms with Gasteiger partial charge in [0, 0.05) is 31.2 Å². The third-order valence-corrected chi connectivity index (χ3v) is 4.57. The summed E-state index contributed by atoms with van der Waals surface area (Å²) in [6, 6.07) is 7.89. The van der Waals surface area contributed by atoms with Crippen molar-refractivity contribution in [2.75, 3.05) is 26.7 Å². The predicted octanol–water partition coefficient (Wildman–Crippen LogP) is 2.98. The molecule has 4 heteroatoms. The van der Waals surface area contributed by atoms with Gasteiger partial charge in [-0.05, 0) is 30.9 Å². The van der Waals surface area contributed by atoms with Crippen LogP contribution in [-0.4, -0.2) is 42.9 Å². The fraction of sp³-hybridized carbons (Fsp3) is 0.600. The molecule has 1 aromatic rings. The Labute approximate surface area is 123 Å². The van der Waals surface area contributed by atoms with E-state index in [0.29, 0.717) is 6.10 Å². The van der Waals surface area contributed by atoms with Crippen LogP contribution < -0.4 is 0 Å². The lowest BCUT2D eigenvalue weighted by atomic mass is 10.0. The summed E-state index contributed by atoms with van der Waals surface area (Å²) < 4.78 is 6.35. The number of aliphatic hydroxyl groups excluding tert-OH is 1. The monoisotopic (exact) mass is 327 g/mol. The lowest BCUT2D eigenvalue weighted by Crippen LogP contribution is -2.37. The Hall–Kier alpha value is -0.420. The summed E-state index contributed by atoms with van der Waals surface area (Å²) >= 11 is 3.49. The predicted molar refractivity (Wildman–Crippen MR) is 80.2 cm³/mol. The second-order valence-electron chi connectivity index (χ2n) is 5.10. The minimum Gasteiger partial charge on any atom is -0.388 e. The first-order valence-electron chi connectivity index (χ1n) is 6.88. The van der Waals surface area contributed by atoms with Crippen molar-refractivity contribution in [1.82, 2.24) is 4.90 Å². The van der Waals surface area contributed by atoms with Crippen LogP contribution in [-0.2, 0) is 4.74 Å². The summed E-state index contributed by atoms with van der Waals surface area (Å²) in [5.74, 6) is 0. The summed E-state index contributed by atoms with van der Waals surface area (Å²) in [7, 11) is 1.79. The van der Waals surface area contributed by atoms with E-state index < -0.39 is 6.10 Å². The lowest BCUT2D eigenvalue weighted by Gasteiger charge is -2.31. The number of likely N-dealkylation sites (tertiary alicyclic amines) is 1. The Morgan fingerprint density at radius 1 is 1.37 bits per heavy atom. The van der Waals surface area contributed by atoms with Gasteiger partial charge >= 0.3 is 0 Å². The summed E-state index contributed by atoms with van der Waals surface area (Å²) in [5.41, 5.74) is 0.981. The van der Waals surface area contributed by atoms with Crippen molar-refractivity contribution in [2.24, 2.45) is 0 Å².